The van der Waals surface area contributed by atoms with Crippen LogP contribution in [0.1, 0.15) is 73.3 Å². The number of fused-ring (bicyclic) bond motifs is 2. The van der Waals surface area contributed by atoms with Crippen molar-refractivity contribution < 1.29 is 19.2 Å². The highest BCUT2D eigenvalue weighted by Gasteiger charge is 2.24. The summed E-state index contributed by atoms with van der Waals surface area (Å²) < 4.78 is 6.60. The fraction of sp³-hybridized carbons (Fsp3) is 0.324. The van der Waals surface area contributed by atoms with E-state index in [0.29, 0.717) is 64.6 Å². The average Bonchev–Trinajstić information content (AvgIpc) is 3.92. The number of carbonyl (C=O) groups is 4. The molecular formula is C37H46N16O4. The van der Waals surface area contributed by atoms with Gasteiger partial charge in [0.25, 0.3) is 11.8 Å². The smallest absolute Gasteiger partial charge is 0.278 e. The fourth-order valence-corrected chi connectivity index (χ4v) is 6.44. The Bertz CT molecular complexity index is 2540. The third-order valence-corrected chi connectivity index (χ3v) is 9.23. The van der Waals surface area contributed by atoms with Gasteiger partial charge < -0.3 is 32.4 Å². The Kier molecular flexibility index (Phi) is 11.6. The second kappa shape index (κ2) is 16.7. The lowest BCUT2D eigenvalue weighted by Crippen LogP contribution is -2.21. The maximum Gasteiger partial charge on any atom is 0.278 e. The molecule has 10 N–H and O–H groups in total. The van der Waals surface area contributed by atoms with Crippen LogP contribution in [0.15, 0.2) is 42.6 Å². The number of anilines is 4. The summed E-state index contributed by atoms with van der Waals surface area (Å²) in [6.07, 6.45) is 5.82. The van der Waals surface area contributed by atoms with Crippen LogP contribution in [-0.2, 0) is 26.2 Å². The maximum atomic E-state index is 13.7. The Morgan fingerprint density at radius 3 is 2.12 bits per heavy atom. The first-order valence-corrected chi connectivity index (χ1v) is 18.4. The van der Waals surface area contributed by atoms with Crippen molar-refractivity contribution in [2.45, 2.75) is 60.3 Å². The van der Waals surface area contributed by atoms with Crippen molar-refractivity contribution in [3.8, 4) is 0 Å². The van der Waals surface area contributed by atoms with Crippen LogP contribution in [0.4, 0.5) is 23.3 Å². The molecule has 298 valence electrons. The molecule has 57 heavy (non-hydrogen) atoms. The number of nitrogens with two attached hydrogens (primary N) is 3. The summed E-state index contributed by atoms with van der Waals surface area (Å²) in [5, 5.41) is 21.1. The van der Waals surface area contributed by atoms with Gasteiger partial charge in [-0.2, -0.15) is 10.2 Å². The predicted octanol–water partition coefficient (Wildman–Crippen LogP) is 2.39. The number of amides is 4. The molecule has 6 rings (SSSR count). The van der Waals surface area contributed by atoms with Crippen LogP contribution in [0.5, 0.6) is 0 Å². The zero-order valence-corrected chi connectivity index (χ0v) is 32.4. The number of imidazole rings is 2. The highest BCUT2D eigenvalue weighted by Crippen LogP contribution is 2.30. The zero-order chi connectivity index (χ0) is 41.0. The molecule has 0 radical (unpaired) electrons. The molecular weight excluding hydrogens is 733 g/mol. The lowest BCUT2D eigenvalue weighted by molar-refractivity contribution is 0.0992. The van der Waals surface area contributed by atoms with E-state index in [-0.39, 0.29) is 47.5 Å². The van der Waals surface area contributed by atoms with Gasteiger partial charge >= 0.3 is 0 Å². The summed E-state index contributed by atoms with van der Waals surface area (Å²) in [5.41, 5.74) is 22.3. The summed E-state index contributed by atoms with van der Waals surface area (Å²) >= 11 is 0. The Labute approximate surface area is 326 Å². The fourth-order valence-electron chi connectivity index (χ4n) is 6.44. The molecule has 0 unspecified atom stereocenters. The summed E-state index contributed by atoms with van der Waals surface area (Å²) in [5.74, 6) is -1.87. The van der Waals surface area contributed by atoms with Crippen molar-refractivity contribution in [1.82, 2.24) is 49.0 Å². The topological polar surface area (TPSA) is 279 Å². The minimum Gasteiger partial charge on any atom is -0.395 e. The summed E-state index contributed by atoms with van der Waals surface area (Å²) in [6.45, 7) is 9.87. The number of carbonyl (C=O) groups excluding carboxylic acids is 4. The van der Waals surface area contributed by atoms with E-state index in [1.807, 2.05) is 44.5 Å². The normalized spacial score (nSPS) is 11.5. The molecule has 0 aliphatic carbocycles. The van der Waals surface area contributed by atoms with Crippen LogP contribution in [0, 0.1) is 13.8 Å². The van der Waals surface area contributed by atoms with Gasteiger partial charge in [0, 0.05) is 44.5 Å². The second-order valence-electron chi connectivity index (χ2n) is 13.2. The van der Waals surface area contributed by atoms with Crippen LogP contribution < -0.4 is 38.5 Å². The van der Waals surface area contributed by atoms with Gasteiger partial charge in [0.2, 0.25) is 23.7 Å². The van der Waals surface area contributed by atoms with Crippen molar-refractivity contribution in [2.75, 3.05) is 41.8 Å². The molecule has 20 nitrogen and oxygen atoms in total. The first kappa shape index (κ1) is 39.6. The number of benzene rings is 1. The van der Waals surface area contributed by atoms with Gasteiger partial charge in [0.1, 0.15) is 16.9 Å². The number of rotatable bonds is 17. The number of hydrogen-bond donors (Lipinski definition) is 7. The number of hydrogen-bond acceptors (Lipinski definition) is 12. The number of nitrogen functional groups attached to an aromatic ring is 1. The van der Waals surface area contributed by atoms with Crippen LogP contribution in [-0.4, -0.2) is 87.4 Å². The summed E-state index contributed by atoms with van der Waals surface area (Å²) in [6, 6.07) is 6.46. The van der Waals surface area contributed by atoms with E-state index in [9.17, 15) is 19.2 Å². The van der Waals surface area contributed by atoms with Crippen molar-refractivity contribution in [3.63, 3.8) is 0 Å². The van der Waals surface area contributed by atoms with E-state index in [4.69, 9.17) is 22.2 Å². The van der Waals surface area contributed by atoms with E-state index in [1.165, 1.54) is 16.9 Å². The van der Waals surface area contributed by atoms with Gasteiger partial charge in [0.15, 0.2) is 5.65 Å². The molecule has 1 aromatic carbocycles. The van der Waals surface area contributed by atoms with Crippen LogP contribution in [0.25, 0.3) is 22.2 Å². The van der Waals surface area contributed by atoms with Gasteiger partial charge in [-0.05, 0) is 72.0 Å². The molecule has 5 aromatic heterocycles. The van der Waals surface area contributed by atoms with Gasteiger partial charge in [-0.15, -0.1) is 0 Å². The molecule has 0 fully saturated rings. The van der Waals surface area contributed by atoms with Gasteiger partial charge in [0.05, 0.1) is 39.4 Å². The Balaban J connectivity index is 1.38. The molecule has 6 aromatic rings. The average molecular weight is 779 g/mol. The standard InChI is InChI=1S/C37H46N16O4/c1-6-52-27(15-20(3)48-52)34(56)46-36-44-25-17-22(31(39)54)16-24(42-12-10-11-41-5)29(25)50(36)13-8-9-14-51-33-26(18-23(19-43-33)32(40)55)45-37(51)47-35(57)30-28(38)21(4)49-53(30)7-2/h8-9,15-19,41-42H,6-7,10-14,38H2,1-5H3,(H2,39,54)(H2,40,55)(H,44,46,56)(H,45,47,57)/b9-8+. The van der Waals surface area contributed by atoms with Crippen molar-refractivity contribution in [1.29, 1.82) is 0 Å². The molecule has 0 atom stereocenters. The third kappa shape index (κ3) is 8.15. The number of nitrogens with one attached hydrogen (secondary N) is 4. The highest BCUT2D eigenvalue weighted by atomic mass is 16.2. The van der Waals surface area contributed by atoms with E-state index in [0.717, 1.165) is 13.0 Å². The molecule has 0 saturated carbocycles. The second-order valence-corrected chi connectivity index (χ2v) is 13.2. The SMILES string of the molecule is CCn1nc(C)cc1C(=O)Nc1nc2cc(C(N)=O)cc(NCCCNC)c2n1C/C=C/Cn1c(NC(=O)c2c(N)c(C)nn2CC)nc2cc(C(N)=O)cnc21. The quantitative estimate of drug-likeness (QED) is 0.0519. The van der Waals surface area contributed by atoms with E-state index in [2.05, 4.69) is 41.4 Å². The van der Waals surface area contributed by atoms with Crippen molar-refractivity contribution in [2.24, 2.45) is 11.5 Å². The van der Waals surface area contributed by atoms with Gasteiger partial charge in [-0.3, -0.25) is 43.7 Å². The van der Waals surface area contributed by atoms with Crippen LogP contribution in [0.2, 0.25) is 0 Å². The Morgan fingerprint density at radius 1 is 0.789 bits per heavy atom. The lowest BCUT2D eigenvalue weighted by Gasteiger charge is -2.13. The van der Waals surface area contributed by atoms with Gasteiger partial charge in [-0.1, -0.05) is 12.2 Å². The third-order valence-electron chi connectivity index (χ3n) is 9.23. The zero-order valence-electron chi connectivity index (χ0n) is 32.4. The lowest BCUT2D eigenvalue weighted by atomic mass is 10.1. The molecule has 20 heteroatoms. The minimum absolute atomic E-state index is 0.144. The predicted molar refractivity (Wildman–Crippen MR) is 216 cm³/mol. The summed E-state index contributed by atoms with van der Waals surface area (Å²) in [7, 11) is 1.87. The Morgan fingerprint density at radius 2 is 1.44 bits per heavy atom. The number of aryl methyl sites for hydroxylation is 4. The van der Waals surface area contributed by atoms with Gasteiger partial charge in [-0.25, -0.2) is 15.0 Å². The molecule has 0 aliphatic heterocycles. The Hall–Kier alpha value is -7.09. The highest BCUT2D eigenvalue weighted by molar-refractivity contribution is 6.07. The molecule has 5 heterocycles. The molecule has 0 saturated heterocycles. The summed E-state index contributed by atoms with van der Waals surface area (Å²) in [4.78, 5) is 65.4. The minimum atomic E-state index is -0.678. The number of allylic oxidation sites excluding steroid dienone is 2. The number of pyridine rings is 1. The van der Waals surface area contributed by atoms with E-state index >= 15 is 0 Å². The van der Waals surface area contributed by atoms with E-state index < -0.39 is 23.6 Å². The maximum absolute atomic E-state index is 13.7. The van der Waals surface area contributed by atoms with Crippen LogP contribution >= 0.6 is 0 Å². The number of nitrogens with zero attached hydrogens (tertiary/aromatic N) is 9. The molecule has 0 bridgehead atoms. The monoisotopic (exact) mass is 778 g/mol. The molecule has 0 spiro atoms. The van der Waals surface area contributed by atoms with Crippen LogP contribution in [0.3, 0.4) is 0 Å². The first-order chi connectivity index (χ1) is 27.3. The van der Waals surface area contributed by atoms with Crippen molar-refractivity contribution >= 4 is 69.1 Å². The van der Waals surface area contributed by atoms with Crippen molar-refractivity contribution in [3.05, 3.63) is 76.5 Å². The number of primary amides is 2. The van der Waals surface area contributed by atoms with E-state index in [1.54, 1.807) is 34.4 Å². The molecule has 4 amide bonds. The largest absolute Gasteiger partial charge is 0.395 e. The first-order valence-electron chi connectivity index (χ1n) is 18.4. The number of aromatic nitrogens is 9. The molecule has 0 aliphatic rings.